The van der Waals surface area contributed by atoms with Crippen LogP contribution in [0.1, 0.15) is 35.5 Å². The third-order valence-corrected chi connectivity index (χ3v) is 4.07. The zero-order valence-electron chi connectivity index (χ0n) is 8.76. The summed E-state index contributed by atoms with van der Waals surface area (Å²) in [6.07, 6.45) is 5.64. The molecule has 1 aromatic rings. The van der Waals surface area contributed by atoms with Crippen LogP contribution in [0.3, 0.4) is 0 Å². The average Bonchev–Trinajstić information content (AvgIpc) is 2.44. The average molecular weight is 206 g/mol. The largest absolute Gasteiger partial charge is 0.294 e. The summed E-state index contributed by atoms with van der Waals surface area (Å²) in [5.74, 6) is 0.798. The van der Waals surface area contributed by atoms with E-state index >= 15 is 0 Å². The number of hydrogen-bond donors (Lipinski definition) is 0. The van der Waals surface area contributed by atoms with Crippen LogP contribution in [0.5, 0.6) is 0 Å². The molecule has 74 valence electrons. The van der Waals surface area contributed by atoms with E-state index in [4.69, 9.17) is 0 Å². The lowest BCUT2D eigenvalue weighted by Gasteiger charge is -2.04. The molecule has 0 aromatic carbocycles. The van der Waals surface area contributed by atoms with Crippen LogP contribution in [-0.4, -0.2) is 5.78 Å². The second-order valence-corrected chi connectivity index (χ2v) is 5.03. The van der Waals surface area contributed by atoms with E-state index in [0.29, 0.717) is 5.92 Å². The fourth-order valence-corrected chi connectivity index (χ4v) is 3.03. The number of hydrogen-bond acceptors (Lipinski definition) is 2. The molecule has 0 saturated heterocycles. The molecule has 1 nitrogen and oxygen atoms in total. The Morgan fingerprint density at radius 2 is 2.29 bits per heavy atom. The van der Waals surface area contributed by atoms with E-state index in [1.807, 2.05) is 0 Å². The van der Waals surface area contributed by atoms with Gasteiger partial charge in [0.1, 0.15) is 0 Å². The maximum Gasteiger partial charge on any atom is 0.170 e. The molecule has 0 radical (unpaired) electrons. The number of fused-ring (bicyclic) bond motifs is 1. The van der Waals surface area contributed by atoms with E-state index in [2.05, 4.69) is 26.0 Å². The van der Waals surface area contributed by atoms with Crippen molar-refractivity contribution >= 4 is 29.3 Å². The summed E-state index contributed by atoms with van der Waals surface area (Å²) in [6.45, 7) is 5.91. The first-order chi connectivity index (χ1) is 6.59. The van der Waals surface area contributed by atoms with Crippen molar-refractivity contribution in [2.75, 3.05) is 0 Å². The zero-order chi connectivity index (χ0) is 10.3. The van der Waals surface area contributed by atoms with Gasteiger partial charge in [0.2, 0.25) is 0 Å². The number of rotatable bonds is 1. The molecule has 0 fully saturated rings. The minimum atomic E-state index is 0.191. The predicted octanol–water partition coefficient (Wildman–Crippen LogP) is 1.86. The highest BCUT2D eigenvalue weighted by molar-refractivity contribution is 7.12. The summed E-state index contributed by atoms with van der Waals surface area (Å²) in [6, 6.07) is 0. The van der Waals surface area contributed by atoms with Gasteiger partial charge in [0, 0.05) is 4.53 Å². The molecule has 1 unspecified atom stereocenters. The number of carbonyl (C=O) groups is 1. The van der Waals surface area contributed by atoms with E-state index in [9.17, 15) is 4.79 Å². The van der Waals surface area contributed by atoms with Crippen molar-refractivity contribution in [1.29, 1.82) is 0 Å². The van der Waals surface area contributed by atoms with E-state index in [1.54, 1.807) is 18.3 Å². The van der Waals surface area contributed by atoms with Gasteiger partial charge < -0.3 is 0 Å². The molecule has 2 rings (SSSR count). The van der Waals surface area contributed by atoms with Gasteiger partial charge in [-0.15, -0.1) is 11.3 Å². The summed E-state index contributed by atoms with van der Waals surface area (Å²) in [7, 11) is 0. The maximum absolute atomic E-state index is 11.3. The Labute approximate surface area is 87.8 Å². The van der Waals surface area contributed by atoms with Gasteiger partial charge in [0.15, 0.2) is 5.78 Å². The van der Waals surface area contributed by atoms with E-state index in [0.717, 1.165) is 11.3 Å². The van der Waals surface area contributed by atoms with Crippen molar-refractivity contribution in [3.05, 3.63) is 20.2 Å². The molecule has 2 heteroatoms. The molecule has 1 aliphatic carbocycles. The van der Waals surface area contributed by atoms with Crippen LogP contribution in [-0.2, 0) is 0 Å². The number of Topliss-reactive ketones (excluding diaryl/α,β-unsaturated/α-hetero) is 1. The highest BCUT2D eigenvalue weighted by Gasteiger charge is 2.12. The first-order valence-corrected chi connectivity index (χ1v) is 5.73. The lowest BCUT2D eigenvalue weighted by Crippen LogP contribution is -2.25. The van der Waals surface area contributed by atoms with Crippen LogP contribution < -0.4 is 9.75 Å². The van der Waals surface area contributed by atoms with Crippen LogP contribution in [0.2, 0.25) is 0 Å². The molecule has 1 atom stereocenters. The molecule has 0 amide bonds. The number of thiophene rings is 1. The first-order valence-electron chi connectivity index (χ1n) is 4.92. The molecule has 0 saturated carbocycles. The van der Waals surface area contributed by atoms with Gasteiger partial charge in [-0.05, 0) is 37.0 Å². The van der Waals surface area contributed by atoms with Crippen molar-refractivity contribution < 1.29 is 4.79 Å². The second-order valence-electron chi connectivity index (χ2n) is 3.97. The minimum Gasteiger partial charge on any atom is -0.294 e. The fourth-order valence-electron chi connectivity index (χ4n) is 1.89. The van der Waals surface area contributed by atoms with Crippen molar-refractivity contribution in [2.45, 2.75) is 27.2 Å². The summed E-state index contributed by atoms with van der Waals surface area (Å²) < 4.78 is 1.28. The molecule has 0 N–H and O–H groups in total. The Bertz CT molecular complexity index is 493. The molecule has 0 bridgehead atoms. The smallest absolute Gasteiger partial charge is 0.170 e. The quantitative estimate of drug-likeness (QED) is 0.641. The Morgan fingerprint density at radius 1 is 1.57 bits per heavy atom. The Balaban J connectivity index is 2.75. The molecule has 14 heavy (non-hydrogen) atoms. The number of ketones is 1. The molecule has 1 aliphatic rings. The fraction of sp³-hybridized carbons (Fsp3) is 0.417. The van der Waals surface area contributed by atoms with Gasteiger partial charge in [0.25, 0.3) is 0 Å². The van der Waals surface area contributed by atoms with Crippen molar-refractivity contribution in [3.63, 3.8) is 0 Å². The van der Waals surface area contributed by atoms with Crippen LogP contribution in [0.25, 0.3) is 12.2 Å². The van der Waals surface area contributed by atoms with E-state index < -0.39 is 0 Å². The van der Waals surface area contributed by atoms with Gasteiger partial charge in [-0.25, -0.2) is 0 Å². The van der Waals surface area contributed by atoms with Crippen molar-refractivity contribution in [1.82, 2.24) is 0 Å². The van der Waals surface area contributed by atoms with Crippen LogP contribution in [0.4, 0.5) is 0 Å². The zero-order valence-corrected chi connectivity index (χ0v) is 9.57. The summed E-state index contributed by atoms with van der Waals surface area (Å²) in [5, 5.41) is 1.29. The molecule has 0 spiro atoms. The predicted molar refractivity (Wildman–Crippen MR) is 61.0 cm³/mol. The van der Waals surface area contributed by atoms with Crippen molar-refractivity contribution in [3.8, 4) is 0 Å². The Hall–Kier alpha value is -0.890. The summed E-state index contributed by atoms with van der Waals surface area (Å²) in [4.78, 5) is 12.3. The van der Waals surface area contributed by atoms with Crippen LogP contribution in [0, 0.1) is 12.8 Å². The van der Waals surface area contributed by atoms with Gasteiger partial charge >= 0.3 is 0 Å². The van der Waals surface area contributed by atoms with Gasteiger partial charge in [-0.2, -0.15) is 0 Å². The molecular weight excluding hydrogens is 192 g/mol. The number of carbonyl (C=O) groups excluding carboxylic acids is 1. The van der Waals surface area contributed by atoms with Crippen molar-refractivity contribution in [2.24, 2.45) is 5.92 Å². The lowest BCUT2D eigenvalue weighted by molar-refractivity contribution is 0.102. The highest BCUT2D eigenvalue weighted by Crippen LogP contribution is 2.13. The lowest BCUT2D eigenvalue weighted by atomic mass is 10.0. The van der Waals surface area contributed by atoms with Crippen LogP contribution in [0.15, 0.2) is 0 Å². The minimum absolute atomic E-state index is 0.191. The third-order valence-electron chi connectivity index (χ3n) is 2.67. The molecule has 0 aliphatic heterocycles. The van der Waals surface area contributed by atoms with Gasteiger partial charge in [0.05, 0.1) is 4.88 Å². The monoisotopic (exact) mass is 206 g/mol. The highest BCUT2D eigenvalue weighted by atomic mass is 32.1. The normalized spacial score (nSPS) is 19.5. The summed E-state index contributed by atoms with van der Waals surface area (Å²) >= 11 is 1.64. The molecule has 1 heterocycles. The first kappa shape index (κ1) is 9.66. The second kappa shape index (κ2) is 3.35. The standard InChI is InChI=1S/C12H14OS/c1-7-4-5-11-10(6-7)8(2)12(14-11)9(3)13/h5-7H,4H2,1-3H3. The molecular formula is C12H14OS. The Kier molecular flexibility index (Phi) is 2.31. The SMILES string of the molecule is CC(=O)c1sc2c(c1C)=CC(C)CC=2. The summed E-state index contributed by atoms with van der Waals surface area (Å²) in [5.41, 5.74) is 1.17. The topological polar surface area (TPSA) is 17.1 Å². The van der Waals surface area contributed by atoms with Crippen LogP contribution >= 0.6 is 11.3 Å². The van der Waals surface area contributed by atoms with E-state index in [1.165, 1.54) is 15.3 Å². The molecule has 1 aromatic heterocycles. The Morgan fingerprint density at radius 3 is 2.93 bits per heavy atom. The third kappa shape index (κ3) is 1.44. The van der Waals surface area contributed by atoms with Gasteiger partial charge in [-0.3, -0.25) is 4.79 Å². The maximum atomic E-state index is 11.3. The van der Waals surface area contributed by atoms with E-state index in [-0.39, 0.29) is 5.78 Å². The van der Waals surface area contributed by atoms with Gasteiger partial charge in [-0.1, -0.05) is 19.1 Å².